The molecule has 30 heavy (non-hydrogen) atoms. The molecule has 4 aromatic rings. The van der Waals surface area contributed by atoms with Crippen LogP contribution in [0, 0.1) is 6.92 Å². The lowest BCUT2D eigenvalue weighted by Crippen LogP contribution is -2.28. The van der Waals surface area contributed by atoms with Crippen LogP contribution in [0.3, 0.4) is 0 Å². The topological polar surface area (TPSA) is 55.6 Å². The largest absolute Gasteiger partial charge is 0.496 e. The molecular weight excluding hydrogens is 374 g/mol. The highest BCUT2D eigenvalue weighted by molar-refractivity contribution is 6.02. The molecule has 0 radical (unpaired) electrons. The zero-order valence-electron chi connectivity index (χ0n) is 17.1. The molecule has 1 aliphatic carbocycles. The Kier molecular flexibility index (Phi) is 4.31. The summed E-state index contributed by atoms with van der Waals surface area (Å²) in [6, 6.07) is 19.7. The van der Waals surface area contributed by atoms with Crippen molar-refractivity contribution in [3.63, 3.8) is 0 Å². The van der Waals surface area contributed by atoms with Gasteiger partial charge in [-0.25, -0.2) is 4.98 Å². The first-order valence-electron chi connectivity index (χ1n) is 10.1. The average molecular weight is 397 g/mol. The highest BCUT2D eigenvalue weighted by atomic mass is 16.5. The first kappa shape index (κ1) is 18.4. The van der Waals surface area contributed by atoms with E-state index in [2.05, 4.69) is 18.3 Å². The number of carbonyl (C=O) groups excluding carboxylic acids is 1. The second-order valence-electron chi connectivity index (χ2n) is 7.86. The molecule has 5 rings (SSSR count). The van der Waals surface area contributed by atoms with Gasteiger partial charge in [-0.3, -0.25) is 4.79 Å². The van der Waals surface area contributed by atoms with E-state index in [-0.39, 0.29) is 5.91 Å². The number of amides is 1. The van der Waals surface area contributed by atoms with Crippen molar-refractivity contribution in [3.8, 4) is 17.0 Å². The third kappa shape index (κ3) is 3.03. The van der Waals surface area contributed by atoms with E-state index >= 15 is 0 Å². The minimum atomic E-state index is -0.496. The Morgan fingerprint density at radius 1 is 1.07 bits per heavy atom. The number of rotatable bonds is 5. The Labute approximate surface area is 175 Å². The van der Waals surface area contributed by atoms with Crippen molar-refractivity contribution in [2.24, 2.45) is 0 Å². The average Bonchev–Trinajstić information content (AvgIpc) is 3.47. The Bertz CT molecular complexity index is 1240. The third-order valence-corrected chi connectivity index (χ3v) is 5.92. The second kappa shape index (κ2) is 7.02. The molecule has 1 aliphatic rings. The van der Waals surface area contributed by atoms with Gasteiger partial charge in [0.25, 0.3) is 0 Å². The maximum Gasteiger partial charge on any atom is 0.235 e. The molecule has 0 unspecified atom stereocenters. The lowest BCUT2D eigenvalue weighted by atomic mass is 9.94. The van der Waals surface area contributed by atoms with Crippen LogP contribution >= 0.6 is 0 Å². The van der Waals surface area contributed by atoms with Gasteiger partial charge in [0.05, 0.1) is 18.2 Å². The first-order valence-corrected chi connectivity index (χ1v) is 10.1. The number of aryl methyl sites for hydroxylation is 1. The number of imidazole rings is 1. The van der Waals surface area contributed by atoms with Crippen LogP contribution in [0.25, 0.3) is 16.9 Å². The number of methoxy groups -OCH3 is 1. The molecule has 2 aromatic carbocycles. The fourth-order valence-electron chi connectivity index (χ4n) is 4.05. The van der Waals surface area contributed by atoms with Crippen molar-refractivity contribution < 1.29 is 9.53 Å². The molecular formula is C25H23N3O2. The summed E-state index contributed by atoms with van der Waals surface area (Å²) in [5.74, 6) is 0.783. The van der Waals surface area contributed by atoms with Gasteiger partial charge < -0.3 is 14.5 Å². The fourth-order valence-corrected chi connectivity index (χ4v) is 4.05. The number of anilines is 1. The van der Waals surface area contributed by atoms with E-state index in [0.717, 1.165) is 52.3 Å². The molecule has 0 atom stereocenters. The predicted octanol–water partition coefficient (Wildman–Crippen LogP) is 4.99. The normalized spacial score (nSPS) is 14.5. The fraction of sp³-hybridized carbons (Fsp3) is 0.200. The van der Waals surface area contributed by atoms with E-state index in [0.29, 0.717) is 0 Å². The molecule has 0 spiro atoms. The van der Waals surface area contributed by atoms with Crippen LogP contribution in [-0.4, -0.2) is 22.4 Å². The molecule has 1 fully saturated rings. The molecule has 5 nitrogen and oxygen atoms in total. The van der Waals surface area contributed by atoms with Gasteiger partial charge in [-0.1, -0.05) is 36.4 Å². The number of ether oxygens (including phenoxy) is 1. The number of benzene rings is 2. The SMILES string of the molecule is COc1ccccc1C1(C(=O)Nc2ccc(-c3cn4cccc(C)c4n3)cc2)CC1. The molecule has 0 saturated heterocycles. The molecule has 1 amide bonds. The lowest BCUT2D eigenvalue weighted by Gasteiger charge is -2.18. The van der Waals surface area contributed by atoms with Crippen molar-refractivity contribution in [3.05, 3.63) is 84.2 Å². The number of nitrogens with one attached hydrogen (secondary N) is 1. The zero-order valence-corrected chi connectivity index (χ0v) is 17.1. The number of nitrogens with zero attached hydrogens (tertiary/aromatic N) is 2. The summed E-state index contributed by atoms with van der Waals surface area (Å²) >= 11 is 0. The monoisotopic (exact) mass is 397 g/mol. The van der Waals surface area contributed by atoms with Crippen LogP contribution in [0.5, 0.6) is 5.75 Å². The number of para-hydroxylation sites is 1. The van der Waals surface area contributed by atoms with Gasteiger partial charge in [-0.05, 0) is 49.6 Å². The summed E-state index contributed by atoms with van der Waals surface area (Å²) in [7, 11) is 1.65. The van der Waals surface area contributed by atoms with Gasteiger partial charge in [-0.2, -0.15) is 0 Å². The zero-order chi connectivity index (χ0) is 20.7. The summed E-state index contributed by atoms with van der Waals surface area (Å²) < 4.78 is 7.51. The van der Waals surface area contributed by atoms with Crippen LogP contribution in [0.1, 0.15) is 24.0 Å². The van der Waals surface area contributed by atoms with Gasteiger partial charge in [0.2, 0.25) is 5.91 Å². The van der Waals surface area contributed by atoms with E-state index in [1.54, 1.807) is 7.11 Å². The van der Waals surface area contributed by atoms with Gasteiger partial charge in [-0.15, -0.1) is 0 Å². The molecule has 1 saturated carbocycles. The molecule has 2 heterocycles. The van der Waals surface area contributed by atoms with E-state index < -0.39 is 5.41 Å². The van der Waals surface area contributed by atoms with Gasteiger partial charge in [0, 0.05) is 29.2 Å². The smallest absolute Gasteiger partial charge is 0.235 e. The number of fused-ring (bicyclic) bond motifs is 1. The maximum absolute atomic E-state index is 13.1. The minimum Gasteiger partial charge on any atom is -0.496 e. The highest BCUT2D eigenvalue weighted by Crippen LogP contribution is 2.52. The Hall–Kier alpha value is -3.60. The first-order chi connectivity index (χ1) is 14.6. The number of hydrogen-bond acceptors (Lipinski definition) is 3. The van der Waals surface area contributed by atoms with Crippen LogP contribution in [-0.2, 0) is 10.2 Å². The summed E-state index contributed by atoms with van der Waals surface area (Å²) in [6.45, 7) is 2.06. The number of hydrogen-bond donors (Lipinski definition) is 1. The summed E-state index contributed by atoms with van der Waals surface area (Å²) in [5, 5.41) is 3.09. The maximum atomic E-state index is 13.1. The highest BCUT2D eigenvalue weighted by Gasteiger charge is 2.52. The van der Waals surface area contributed by atoms with Crippen LogP contribution < -0.4 is 10.1 Å². The molecule has 0 bridgehead atoms. The molecule has 150 valence electrons. The molecule has 1 N–H and O–H groups in total. The van der Waals surface area contributed by atoms with Crippen LogP contribution in [0.15, 0.2) is 73.1 Å². The van der Waals surface area contributed by atoms with E-state index in [1.807, 2.05) is 71.4 Å². The van der Waals surface area contributed by atoms with Crippen molar-refractivity contribution in [1.29, 1.82) is 0 Å². The van der Waals surface area contributed by atoms with Crippen LogP contribution in [0.2, 0.25) is 0 Å². The van der Waals surface area contributed by atoms with E-state index in [1.165, 1.54) is 0 Å². The van der Waals surface area contributed by atoms with Crippen molar-refractivity contribution in [2.75, 3.05) is 12.4 Å². The number of carbonyl (C=O) groups is 1. The van der Waals surface area contributed by atoms with E-state index in [4.69, 9.17) is 9.72 Å². The Balaban J connectivity index is 1.37. The van der Waals surface area contributed by atoms with Gasteiger partial charge in [0.15, 0.2) is 0 Å². The summed E-state index contributed by atoms with van der Waals surface area (Å²) in [4.78, 5) is 17.8. The second-order valence-corrected chi connectivity index (χ2v) is 7.86. The van der Waals surface area contributed by atoms with Gasteiger partial charge in [0.1, 0.15) is 11.4 Å². The van der Waals surface area contributed by atoms with Crippen molar-refractivity contribution >= 4 is 17.2 Å². The Morgan fingerprint density at radius 2 is 1.83 bits per heavy atom. The number of aromatic nitrogens is 2. The molecule has 0 aliphatic heterocycles. The molecule has 5 heteroatoms. The predicted molar refractivity (Wildman–Crippen MR) is 118 cm³/mol. The Morgan fingerprint density at radius 3 is 2.53 bits per heavy atom. The minimum absolute atomic E-state index is 0.0168. The van der Waals surface area contributed by atoms with Crippen molar-refractivity contribution in [2.45, 2.75) is 25.2 Å². The quantitative estimate of drug-likeness (QED) is 0.516. The van der Waals surface area contributed by atoms with Crippen LogP contribution in [0.4, 0.5) is 5.69 Å². The number of pyridine rings is 1. The molecule has 2 aromatic heterocycles. The van der Waals surface area contributed by atoms with Crippen molar-refractivity contribution in [1.82, 2.24) is 9.38 Å². The summed E-state index contributed by atoms with van der Waals surface area (Å²) in [5.41, 5.74) is 5.27. The summed E-state index contributed by atoms with van der Waals surface area (Å²) in [6.07, 6.45) is 5.69. The lowest BCUT2D eigenvalue weighted by molar-refractivity contribution is -0.118. The van der Waals surface area contributed by atoms with Gasteiger partial charge >= 0.3 is 0 Å². The standard InChI is InChI=1S/C25H23N3O2/c1-17-6-5-15-28-16-21(27-23(17)28)18-9-11-19(12-10-18)26-24(29)25(13-14-25)20-7-3-4-8-22(20)30-2/h3-12,15-16H,13-14H2,1-2H3,(H,26,29). The third-order valence-electron chi connectivity index (χ3n) is 5.92. The van der Waals surface area contributed by atoms with E-state index in [9.17, 15) is 4.79 Å².